The van der Waals surface area contributed by atoms with E-state index in [1.807, 2.05) is 6.92 Å². The van der Waals surface area contributed by atoms with E-state index < -0.39 is 5.97 Å². The van der Waals surface area contributed by atoms with Gasteiger partial charge in [-0.1, -0.05) is 24.5 Å². The van der Waals surface area contributed by atoms with Gasteiger partial charge in [0.2, 0.25) is 0 Å². The first-order valence-corrected chi connectivity index (χ1v) is 4.90. The molecule has 0 fully saturated rings. The van der Waals surface area contributed by atoms with Crippen LogP contribution in [-0.2, 0) is 0 Å². The second-order valence-corrected chi connectivity index (χ2v) is 3.76. The Hall–Kier alpha value is -0.895. The normalized spacial score (nSPS) is 9.92. The number of thioether (sulfide) groups is 1. The van der Waals surface area contributed by atoms with Gasteiger partial charge in [-0.2, -0.15) is 0 Å². The van der Waals surface area contributed by atoms with Gasteiger partial charge in [-0.05, 0) is 11.8 Å². The van der Waals surface area contributed by atoms with E-state index in [0.717, 1.165) is 10.6 Å². The molecule has 4 heteroatoms. The van der Waals surface area contributed by atoms with E-state index in [1.165, 1.54) is 11.8 Å². The Morgan fingerprint density at radius 3 is 2.85 bits per heavy atom. The molecular weight excluding hydrogens is 183 g/mol. The molecule has 0 aliphatic carbocycles. The predicted octanol–water partition coefficient (Wildman–Crippen LogP) is 1.29. The van der Waals surface area contributed by atoms with Gasteiger partial charge < -0.3 is 5.11 Å². The molecular formula is C9H9BO2S. The van der Waals surface area contributed by atoms with Gasteiger partial charge in [-0.15, -0.1) is 11.8 Å². The third-order valence-electron chi connectivity index (χ3n) is 1.57. The Kier molecular flexibility index (Phi) is 3.43. The number of aromatic carboxylic acids is 1. The van der Waals surface area contributed by atoms with Gasteiger partial charge >= 0.3 is 5.97 Å². The summed E-state index contributed by atoms with van der Waals surface area (Å²) < 4.78 is 0. The molecule has 0 heterocycles. The summed E-state index contributed by atoms with van der Waals surface area (Å²) in [4.78, 5) is 11.6. The van der Waals surface area contributed by atoms with Crippen molar-refractivity contribution in [1.82, 2.24) is 0 Å². The molecule has 0 saturated carbocycles. The van der Waals surface area contributed by atoms with Crippen molar-refractivity contribution < 1.29 is 9.90 Å². The molecule has 1 N–H and O–H groups in total. The Morgan fingerprint density at radius 1 is 1.62 bits per heavy atom. The number of benzene rings is 1. The lowest BCUT2D eigenvalue weighted by molar-refractivity contribution is 0.0694. The first-order valence-electron chi connectivity index (χ1n) is 3.91. The molecule has 2 nitrogen and oxygen atoms in total. The molecule has 0 spiro atoms. The fourth-order valence-corrected chi connectivity index (χ4v) is 1.89. The number of rotatable bonds is 3. The van der Waals surface area contributed by atoms with Crippen LogP contribution < -0.4 is 5.46 Å². The van der Waals surface area contributed by atoms with Crippen LogP contribution in [0.4, 0.5) is 0 Å². The summed E-state index contributed by atoms with van der Waals surface area (Å²) in [6.45, 7) is 1.97. The van der Waals surface area contributed by atoms with Crippen LogP contribution in [0.25, 0.3) is 0 Å². The third-order valence-corrected chi connectivity index (χ3v) is 2.51. The lowest BCUT2D eigenvalue weighted by atomic mass is 9.91. The first-order chi connectivity index (χ1) is 6.16. The van der Waals surface area contributed by atoms with Crippen LogP contribution in [0.1, 0.15) is 17.3 Å². The minimum absolute atomic E-state index is 0.217. The van der Waals surface area contributed by atoms with E-state index in [-0.39, 0.29) is 5.56 Å². The molecule has 0 saturated heterocycles. The summed E-state index contributed by atoms with van der Waals surface area (Å²) in [5.41, 5.74) is 0.542. The summed E-state index contributed by atoms with van der Waals surface area (Å²) >= 11 is 1.48. The fraction of sp³-hybridized carbons (Fsp3) is 0.222. The number of carboxylic acids is 1. The van der Waals surface area contributed by atoms with Gasteiger partial charge in [0, 0.05) is 4.90 Å². The van der Waals surface area contributed by atoms with Crippen molar-refractivity contribution in [1.29, 1.82) is 0 Å². The molecule has 0 atom stereocenters. The molecule has 0 amide bonds. The summed E-state index contributed by atoms with van der Waals surface area (Å²) in [6, 6.07) is 5.14. The highest BCUT2D eigenvalue weighted by molar-refractivity contribution is 7.99. The molecule has 66 valence electrons. The van der Waals surface area contributed by atoms with E-state index >= 15 is 0 Å². The van der Waals surface area contributed by atoms with Crippen LogP contribution in [0.15, 0.2) is 23.1 Å². The van der Waals surface area contributed by atoms with Crippen LogP contribution >= 0.6 is 11.8 Å². The second kappa shape index (κ2) is 4.37. The van der Waals surface area contributed by atoms with Crippen molar-refractivity contribution >= 4 is 31.0 Å². The highest BCUT2D eigenvalue weighted by Gasteiger charge is 2.11. The smallest absolute Gasteiger partial charge is 0.336 e. The summed E-state index contributed by atoms with van der Waals surface area (Å²) in [7, 11) is 5.56. The second-order valence-electron chi connectivity index (χ2n) is 2.46. The Balaban J connectivity index is 3.17. The van der Waals surface area contributed by atoms with Crippen LogP contribution in [0, 0.1) is 0 Å². The van der Waals surface area contributed by atoms with E-state index in [4.69, 9.17) is 13.0 Å². The topological polar surface area (TPSA) is 37.3 Å². The lowest BCUT2D eigenvalue weighted by Gasteiger charge is -2.06. The number of carbonyl (C=O) groups is 1. The first kappa shape index (κ1) is 10.2. The van der Waals surface area contributed by atoms with Gasteiger partial charge in [0.1, 0.15) is 7.85 Å². The molecule has 0 aliphatic heterocycles. The molecule has 1 rings (SSSR count). The zero-order valence-corrected chi connectivity index (χ0v) is 8.10. The van der Waals surface area contributed by atoms with Crippen molar-refractivity contribution in [3.05, 3.63) is 23.8 Å². The van der Waals surface area contributed by atoms with Crippen molar-refractivity contribution in [3.8, 4) is 0 Å². The molecule has 1 aromatic carbocycles. The van der Waals surface area contributed by atoms with Gasteiger partial charge in [-0.25, -0.2) is 4.79 Å². The fourth-order valence-electron chi connectivity index (χ4n) is 1.05. The van der Waals surface area contributed by atoms with Crippen molar-refractivity contribution in [2.24, 2.45) is 0 Å². The maximum atomic E-state index is 10.8. The monoisotopic (exact) mass is 192 g/mol. The largest absolute Gasteiger partial charge is 0.478 e. The number of hydrogen-bond acceptors (Lipinski definition) is 2. The molecule has 0 bridgehead atoms. The molecule has 0 aromatic heterocycles. The molecule has 0 aliphatic rings. The van der Waals surface area contributed by atoms with Crippen molar-refractivity contribution in [2.45, 2.75) is 11.8 Å². The van der Waals surface area contributed by atoms with Gasteiger partial charge in [-0.3, -0.25) is 0 Å². The van der Waals surface area contributed by atoms with Crippen LogP contribution in [-0.4, -0.2) is 24.7 Å². The van der Waals surface area contributed by atoms with Gasteiger partial charge in [0.15, 0.2) is 0 Å². The predicted molar refractivity (Wildman–Crippen MR) is 55.2 cm³/mol. The minimum Gasteiger partial charge on any atom is -0.478 e. The Bertz CT molecular complexity index is 325. The molecule has 1 aromatic rings. The number of hydrogen-bond donors (Lipinski definition) is 1. The lowest BCUT2D eigenvalue weighted by Crippen LogP contribution is -2.16. The maximum Gasteiger partial charge on any atom is 0.336 e. The zero-order valence-electron chi connectivity index (χ0n) is 7.28. The van der Waals surface area contributed by atoms with Crippen molar-refractivity contribution in [3.63, 3.8) is 0 Å². The number of carboxylic acid groups (broad SMARTS) is 1. The van der Waals surface area contributed by atoms with E-state index in [1.54, 1.807) is 18.2 Å². The summed E-state index contributed by atoms with van der Waals surface area (Å²) in [5, 5.41) is 8.88. The highest BCUT2D eigenvalue weighted by atomic mass is 32.2. The Morgan fingerprint density at radius 2 is 2.31 bits per heavy atom. The molecule has 0 unspecified atom stereocenters. The summed E-state index contributed by atoms with van der Waals surface area (Å²) in [6.07, 6.45) is 0. The van der Waals surface area contributed by atoms with Crippen LogP contribution in [0.2, 0.25) is 0 Å². The average Bonchev–Trinajstić information content (AvgIpc) is 2.04. The van der Waals surface area contributed by atoms with Gasteiger partial charge in [0.25, 0.3) is 0 Å². The van der Waals surface area contributed by atoms with E-state index in [0.29, 0.717) is 5.46 Å². The van der Waals surface area contributed by atoms with Crippen LogP contribution in [0.5, 0.6) is 0 Å². The molecule has 2 radical (unpaired) electrons. The Labute approximate surface area is 82.8 Å². The minimum atomic E-state index is -0.964. The zero-order chi connectivity index (χ0) is 9.84. The third kappa shape index (κ3) is 2.28. The van der Waals surface area contributed by atoms with Crippen LogP contribution in [0.3, 0.4) is 0 Å². The van der Waals surface area contributed by atoms with E-state index in [9.17, 15) is 4.79 Å². The standard InChI is InChI=1S/C9H9BO2S/c1-2-13-7-5-3-4-6(10)8(7)9(11)12/h3-5H,2H2,1H3,(H,11,12). The quantitative estimate of drug-likeness (QED) is 0.579. The molecule has 13 heavy (non-hydrogen) atoms. The average molecular weight is 192 g/mol. The van der Waals surface area contributed by atoms with E-state index in [2.05, 4.69) is 0 Å². The maximum absolute atomic E-state index is 10.8. The highest BCUT2D eigenvalue weighted by Crippen LogP contribution is 2.20. The summed E-state index contributed by atoms with van der Waals surface area (Å²) in [5.74, 6) is -0.127. The SMILES string of the molecule is [B]c1cccc(SCC)c1C(=O)O. The van der Waals surface area contributed by atoms with Crippen molar-refractivity contribution in [2.75, 3.05) is 5.75 Å². The van der Waals surface area contributed by atoms with Gasteiger partial charge in [0.05, 0.1) is 5.56 Å².